The summed E-state index contributed by atoms with van der Waals surface area (Å²) in [6.45, 7) is 2.01. The van der Waals surface area contributed by atoms with Crippen LogP contribution in [0.3, 0.4) is 0 Å². The molecule has 0 bridgehead atoms. The second-order valence-electron chi connectivity index (χ2n) is 6.63. The molecule has 2 aliphatic rings. The summed E-state index contributed by atoms with van der Waals surface area (Å²) in [5.41, 5.74) is 3.21. The second kappa shape index (κ2) is 7.07. The van der Waals surface area contributed by atoms with E-state index in [0.29, 0.717) is 18.4 Å². The zero-order valence-electron chi connectivity index (χ0n) is 14.4. The van der Waals surface area contributed by atoms with Gasteiger partial charge in [0.25, 0.3) is 0 Å². The number of nitrogens with zero attached hydrogens (tertiary/aromatic N) is 3. The lowest BCUT2D eigenvalue weighted by Crippen LogP contribution is -2.20. The van der Waals surface area contributed by atoms with Crippen LogP contribution in [0.1, 0.15) is 40.7 Å². The predicted molar refractivity (Wildman–Crippen MR) is 100 cm³/mol. The number of allylic oxidation sites excluding steroid dienone is 1. The van der Waals surface area contributed by atoms with Crippen molar-refractivity contribution < 1.29 is 9.59 Å². The Morgan fingerprint density at radius 2 is 1.88 bits per heavy atom. The van der Waals surface area contributed by atoms with Crippen molar-refractivity contribution in [2.24, 2.45) is 0 Å². The van der Waals surface area contributed by atoms with Crippen molar-refractivity contribution in [3.05, 3.63) is 53.4 Å². The van der Waals surface area contributed by atoms with E-state index in [2.05, 4.69) is 20.2 Å². The maximum Gasteiger partial charge on any atom is 0.225 e. The number of hydrogen-bond acceptors (Lipinski definition) is 5. The van der Waals surface area contributed by atoms with E-state index in [1.165, 1.54) is 18.9 Å². The molecule has 1 aromatic carbocycles. The predicted octanol–water partition coefficient (Wildman–Crippen LogP) is 2.86. The summed E-state index contributed by atoms with van der Waals surface area (Å²) in [7, 11) is 0. The smallest absolute Gasteiger partial charge is 0.225 e. The molecular weight excluding hydrogens is 328 g/mol. The first-order valence-corrected chi connectivity index (χ1v) is 8.91. The van der Waals surface area contributed by atoms with Crippen molar-refractivity contribution in [3.8, 4) is 0 Å². The largest absolute Gasteiger partial charge is 0.341 e. The third kappa shape index (κ3) is 3.49. The van der Waals surface area contributed by atoms with Gasteiger partial charge in [-0.2, -0.15) is 0 Å². The van der Waals surface area contributed by atoms with E-state index in [0.717, 1.165) is 35.9 Å². The number of rotatable bonds is 4. The van der Waals surface area contributed by atoms with Crippen LogP contribution in [0, 0.1) is 0 Å². The molecule has 1 N–H and O–H groups in total. The molecule has 0 spiro atoms. The van der Waals surface area contributed by atoms with E-state index in [-0.39, 0.29) is 11.7 Å². The SMILES string of the molecule is O=C1CCc2cc(C(=O)C=Cc3cnc(N4CCCC4)nc3)ccc2N1. The van der Waals surface area contributed by atoms with Gasteiger partial charge in [-0.15, -0.1) is 0 Å². The zero-order chi connectivity index (χ0) is 17.9. The molecule has 3 heterocycles. The Balaban J connectivity index is 1.45. The molecule has 26 heavy (non-hydrogen) atoms. The fourth-order valence-electron chi connectivity index (χ4n) is 3.30. The van der Waals surface area contributed by atoms with Gasteiger partial charge in [-0.3, -0.25) is 9.59 Å². The number of carbonyl (C=O) groups excluding carboxylic acids is 2. The molecule has 0 atom stereocenters. The van der Waals surface area contributed by atoms with Gasteiger partial charge >= 0.3 is 0 Å². The minimum atomic E-state index is -0.0756. The highest BCUT2D eigenvalue weighted by Crippen LogP contribution is 2.24. The lowest BCUT2D eigenvalue weighted by molar-refractivity contribution is -0.116. The van der Waals surface area contributed by atoms with Gasteiger partial charge in [0.15, 0.2) is 5.78 Å². The van der Waals surface area contributed by atoms with Crippen LogP contribution >= 0.6 is 0 Å². The van der Waals surface area contributed by atoms with Gasteiger partial charge in [0, 0.05) is 48.7 Å². The first-order valence-electron chi connectivity index (χ1n) is 8.91. The highest BCUT2D eigenvalue weighted by atomic mass is 16.1. The number of aromatic nitrogens is 2. The van der Waals surface area contributed by atoms with Gasteiger partial charge in [-0.05, 0) is 55.2 Å². The highest BCUT2D eigenvalue weighted by molar-refractivity contribution is 6.07. The molecule has 0 aliphatic carbocycles. The Morgan fingerprint density at radius 3 is 2.65 bits per heavy atom. The molecular formula is C20H20N4O2. The van der Waals surface area contributed by atoms with Gasteiger partial charge in [0.1, 0.15) is 0 Å². The molecule has 132 valence electrons. The zero-order valence-corrected chi connectivity index (χ0v) is 14.4. The van der Waals surface area contributed by atoms with Crippen LogP contribution < -0.4 is 10.2 Å². The van der Waals surface area contributed by atoms with Crippen molar-refractivity contribution >= 4 is 29.4 Å². The summed E-state index contributed by atoms with van der Waals surface area (Å²) in [5.74, 6) is 0.699. The number of fused-ring (bicyclic) bond motifs is 1. The molecule has 6 heteroatoms. The molecule has 0 unspecified atom stereocenters. The maximum absolute atomic E-state index is 12.4. The number of anilines is 2. The number of nitrogens with one attached hydrogen (secondary N) is 1. The number of carbonyl (C=O) groups is 2. The molecule has 1 fully saturated rings. The lowest BCUT2D eigenvalue weighted by Gasteiger charge is -2.16. The van der Waals surface area contributed by atoms with E-state index in [1.807, 2.05) is 6.07 Å². The lowest BCUT2D eigenvalue weighted by atomic mass is 9.98. The van der Waals surface area contributed by atoms with Crippen molar-refractivity contribution in [3.63, 3.8) is 0 Å². The summed E-state index contributed by atoms with van der Waals surface area (Å²) >= 11 is 0. The van der Waals surface area contributed by atoms with E-state index >= 15 is 0 Å². The normalized spacial score (nSPS) is 16.6. The molecule has 0 saturated carbocycles. The Kier molecular flexibility index (Phi) is 4.48. The average molecular weight is 348 g/mol. The number of benzene rings is 1. The number of hydrogen-bond donors (Lipinski definition) is 1. The molecule has 1 saturated heterocycles. The Morgan fingerprint density at radius 1 is 1.12 bits per heavy atom. The molecule has 0 radical (unpaired) electrons. The topological polar surface area (TPSA) is 75.2 Å². The summed E-state index contributed by atoms with van der Waals surface area (Å²) in [6, 6.07) is 5.39. The summed E-state index contributed by atoms with van der Waals surface area (Å²) in [6.07, 6.45) is 10.3. The van der Waals surface area contributed by atoms with Gasteiger partial charge in [-0.25, -0.2) is 9.97 Å². The van der Waals surface area contributed by atoms with Crippen molar-refractivity contribution in [2.45, 2.75) is 25.7 Å². The molecule has 6 nitrogen and oxygen atoms in total. The Bertz CT molecular complexity index is 868. The molecule has 1 amide bonds. The number of amides is 1. The third-order valence-corrected chi connectivity index (χ3v) is 4.76. The van der Waals surface area contributed by atoms with E-state index < -0.39 is 0 Å². The van der Waals surface area contributed by atoms with Crippen molar-refractivity contribution in [1.82, 2.24) is 9.97 Å². The minimum Gasteiger partial charge on any atom is -0.341 e. The van der Waals surface area contributed by atoms with Gasteiger partial charge < -0.3 is 10.2 Å². The minimum absolute atomic E-state index is 0.0221. The molecule has 1 aromatic heterocycles. The first kappa shape index (κ1) is 16.4. The van der Waals surface area contributed by atoms with E-state index in [9.17, 15) is 9.59 Å². The number of aryl methyl sites for hydroxylation is 1. The monoisotopic (exact) mass is 348 g/mol. The van der Waals surface area contributed by atoms with Crippen molar-refractivity contribution in [1.29, 1.82) is 0 Å². The highest BCUT2D eigenvalue weighted by Gasteiger charge is 2.16. The third-order valence-electron chi connectivity index (χ3n) is 4.76. The number of ketones is 1. The van der Waals surface area contributed by atoms with Crippen LogP contribution in [0.5, 0.6) is 0 Å². The van der Waals surface area contributed by atoms with E-state index in [1.54, 1.807) is 30.6 Å². The first-order chi connectivity index (χ1) is 12.7. The summed E-state index contributed by atoms with van der Waals surface area (Å²) in [4.78, 5) is 34.8. The average Bonchev–Trinajstić information content (AvgIpc) is 3.21. The Hall–Kier alpha value is -3.02. The van der Waals surface area contributed by atoms with Crippen LogP contribution in [0.25, 0.3) is 6.08 Å². The standard InChI is InChI=1S/C20H20N4O2/c25-18(16-4-6-17-15(11-16)5-8-19(26)23-17)7-3-14-12-21-20(22-13-14)24-9-1-2-10-24/h3-4,6-7,11-13H,1-2,5,8-10H2,(H,23,26). The van der Waals surface area contributed by atoms with Crippen LogP contribution in [0.2, 0.25) is 0 Å². The van der Waals surface area contributed by atoms with Crippen molar-refractivity contribution in [2.75, 3.05) is 23.3 Å². The second-order valence-corrected chi connectivity index (χ2v) is 6.63. The molecule has 4 rings (SSSR count). The van der Waals surface area contributed by atoms with Crippen LogP contribution in [-0.2, 0) is 11.2 Å². The van der Waals surface area contributed by atoms with Gasteiger partial charge in [0.2, 0.25) is 11.9 Å². The fourth-order valence-corrected chi connectivity index (χ4v) is 3.30. The maximum atomic E-state index is 12.4. The van der Waals surface area contributed by atoms with Gasteiger partial charge in [-0.1, -0.05) is 0 Å². The fraction of sp³-hybridized carbons (Fsp3) is 0.300. The summed E-state index contributed by atoms with van der Waals surface area (Å²) in [5, 5.41) is 2.82. The Labute approximate surface area is 152 Å². The molecule has 2 aliphatic heterocycles. The van der Waals surface area contributed by atoms with Crippen LogP contribution in [-0.4, -0.2) is 34.7 Å². The van der Waals surface area contributed by atoms with Crippen LogP contribution in [0.4, 0.5) is 11.6 Å². The van der Waals surface area contributed by atoms with Crippen LogP contribution in [0.15, 0.2) is 36.7 Å². The quantitative estimate of drug-likeness (QED) is 0.679. The van der Waals surface area contributed by atoms with Gasteiger partial charge in [0.05, 0.1) is 0 Å². The summed E-state index contributed by atoms with van der Waals surface area (Å²) < 4.78 is 0. The molecule has 2 aromatic rings. The van der Waals surface area contributed by atoms with E-state index in [4.69, 9.17) is 0 Å².